The highest BCUT2D eigenvalue weighted by Crippen LogP contribution is 2.23. The molecular weight excluding hydrogens is 280 g/mol. The minimum atomic E-state index is -0.344. The molecule has 1 heterocycles. The molecule has 1 aromatic carbocycles. The van der Waals surface area contributed by atoms with Crippen LogP contribution >= 0.6 is 0 Å². The predicted molar refractivity (Wildman–Crippen MR) is 85.3 cm³/mol. The van der Waals surface area contributed by atoms with E-state index in [-0.39, 0.29) is 12.1 Å². The number of unbranched alkanes of at least 4 members (excludes halogenated alkanes) is 1. The van der Waals surface area contributed by atoms with Crippen LogP contribution in [-0.4, -0.2) is 31.9 Å². The van der Waals surface area contributed by atoms with Crippen LogP contribution in [0.4, 0.5) is 0 Å². The zero-order valence-corrected chi connectivity index (χ0v) is 13.5. The molecule has 1 aromatic rings. The highest BCUT2D eigenvalue weighted by Gasteiger charge is 2.24. The van der Waals surface area contributed by atoms with E-state index < -0.39 is 0 Å². The van der Waals surface area contributed by atoms with Crippen LogP contribution in [0.3, 0.4) is 0 Å². The molecule has 0 radical (unpaired) electrons. The number of carbonyl (C=O) groups excluding carboxylic acids is 1. The van der Waals surface area contributed by atoms with Gasteiger partial charge in [-0.1, -0.05) is 45.2 Å². The lowest BCUT2D eigenvalue weighted by Crippen LogP contribution is -2.28. The number of esters is 1. The predicted octanol–water partition coefficient (Wildman–Crippen LogP) is 3.84. The van der Waals surface area contributed by atoms with Gasteiger partial charge in [-0.2, -0.15) is 0 Å². The molecule has 2 atom stereocenters. The molecule has 1 aliphatic rings. The fraction of sp³-hybridized carbons (Fsp3) is 0.611. The monoisotopic (exact) mass is 306 g/mol. The maximum Gasteiger partial charge on any atom is 0.342 e. The number of rotatable bonds is 8. The first-order valence-corrected chi connectivity index (χ1v) is 8.25. The van der Waals surface area contributed by atoms with Gasteiger partial charge in [0.1, 0.15) is 17.9 Å². The van der Waals surface area contributed by atoms with Gasteiger partial charge in [-0.05, 0) is 24.5 Å². The van der Waals surface area contributed by atoms with Gasteiger partial charge in [-0.3, -0.25) is 0 Å². The molecule has 0 N–H and O–H groups in total. The quantitative estimate of drug-likeness (QED) is 0.685. The van der Waals surface area contributed by atoms with Gasteiger partial charge in [0.15, 0.2) is 6.10 Å². The largest absolute Gasteiger partial charge is 0.489 e. The van der Waals surface area contributed by atoms with Gasteiger partial charge in [0.2, 0.25) is 0 Å². The Labute approximate surface area is 132 Å². The molecule has 0 fully saturated rings. The first-order valence-electron chi connectivity index (χ1n) is 8.25. The number of ether oxygens (including phenoxy) is 3. The summed E-state index contributed by atoms with van der Waals surface area (Å²) in [7, 11) is 0. The molecular formula is C18H26O4. The summed E-state index contributed by atoms with van der Waals surface area (Å²) in [5.41, 5.74) is 0.486. The summed E-state index contributed by atoms with van der Waals surface area (Å²) in [6.45, 7) is 5.84. The van der Waals surface area contributed by atoms with Crippen molar-refractivity contribution in [2.45, 2.75) is 45.6 Å². The fourth-order valence-electron chi connectivity index (χ4n) is 2.54. The molecule has 0 saturated carbocycles. The van der Waals surface area contributed by atoms with Crippen molar-refractivity contribution in [2.24, 2.45) is 5.92 Å². The van der Waals surface area contributed by atoms with Crippen LogP contribution in [0.25, 0.3) is 0 Å². The van der Waals surface area contributed by atoms with Crippen LogP contribution in [0.5, 0.6) is 5.75 Å². The number of hydrogen-bond donors (Lipinski definition) is 0. The second-order valence-corrected chi connectivity index (χ2v) is 5.79. The highest BCUT2D eigenvalue weighted by molar-refractivity contribution is 5.92. The molecule has 0 aliphatic carbocycles. The average molecular weight is 306 g/mol. The summed E-state index contributed by atoms with van der Waals surface area (Å²) in [5.74, 6) is 0.837. The van der Waals surface area contributed by atoms with E-state index >= 15 is 0 Å². The van der Waals surface area contributed by atoms with E-state index in [0.29, 0.717) is 30.4 Å². The third kappa shape index (κ3) is 4.73. The van der Waals surface area contributed by atoms with Crippen molar-refractivity contribution in [3.05, 3.63) is 29.8 Å². The second kappa shape index (κ2) is 8.79. The van der Waals surface area contributed by atoms with Crippen molar-refractivity contribution in [1.29, 1.82) is 0 Å². The van der Waals surface area contributed by atoms with Crippen LogP contribution in [0, 0.1) is 5.92 Å². The van der Waals surface area contributed by atoms with Gasteiger partial charge in [-0.15, -0.1) is 0 Å². The van der Waals surface area contributed by atoms with Gasteiger partial charge in [-0.25, -0.2) is 4.79 Å². The molecule has 122 valence electrons. The Morgan fingerprint density at radius 1 is 1.32 bits per heavy atom. The molecule has 4 nitrogen and oxygen atoms in total. The van der Waals surface area contributed by atoms with Crippen LogP contribution in [-0.2, 0) is 9.47 Å². The van der Waals surface area contributed by atoms with Gasteiger partial charge >= 0.3 is 5.97 Å². The van der Waals surface area contributed by atoms with Crippen molar-refractivity contribution in [3.63, 3.8) is 0 Å². The van der Waals surface area contributed by atoms with E-state index in [2.05, 4.69) is 13.8 Å². The Bertz CT molecular complexity index is 472. The van der Waals surface area contributed by atoms with Crippen LogP contribution < -0.4 is 4.74 Å². The van der Waals surface area contributed by atoms with Crippen LogP contribution in [0.15, 0.2) is 24.3 Å². The SMILES string of the molecule is CCCCC(CC)COCC1COc2ccccc2C(=O)O1. The molecule has 0 bridgehead atoms. The Morgan fingerprint density at radius 2 is 2.14 bits per heavy atom. The smallest absolute Gasteiger partial charge is 0.342 e. The van der Waals surface area contributed by atoms with E-state index in [1.807, 2.05) is 6.07 Å². The summed E-state index contributed by atoms with van der Waals surface area (Å²) < 4.78 is 16.9. The molecule has 0 spiro atoms. The van der Waals surface area contributed by atoms with Crippen LogP contribution in [0.2, 0.25) is 0 Å². The lowest BCUT2D eigenvalue weighted by molar-refractivity contribution is -0.0216. The zero-order chi connectivity index (χ0) is 15.8. The molecule has 0 amide bonds. The van der Waals surface area contributed by atoms with E-state index in [1.165, 1.54) is 19.3 Å². The summed E-state index contributed by atoms with van der Waals surface area (Å²) in [4.78, 5) is 12.1. The topological polar surface area (TPSA) is 44.8 Å². The van der Waals surface area contributed by atoms with Crippen molar-refractivity contribution in [3.8, 4) is 5.75 Å². The number of benzene rings is 1. The third-order valence-electron chi connectivity index (χ3n) is 4.01. The van der Waals surface area contributed by atoms with Gasteiger partial charge < -0.3 is 14.2 Å². The molecule has 0 saturated heterocycles. The van der Waals surface area contributed by atoms with Gasteiger partial charge in [0.05, 0.1) is 6.61 Å². The van der Waals surface area contributed by atoms with E-state index in [0.717, 1.165) is 13.0 Å². The number of fused-ring (bicyclic) bond motifs is 1. The fourth-order valence-corrected chi connectivity index (χ4v) is 2.54. The van der Waals surface area contributed by atoms with Crippen molar-refractivity contribution < 1.29 is 19.0 Å². The average Bonchev–Trinajstić information content (AvgIpc) is 2.70. The van der Waals surface area contributed by atoms with E-state index in [4.69, 9.17) is 14.2 Å². The lowest BCUT2D eigenvalue weighted by atomic mass is 10.0. The Hall–Kier alpha value is -1.55. The summed E-state index contributed by atoms with van der Waals surface area (Å²) >= 11 is 0. The van der Waals surface area contributed by atoms with Crippen molar-refractivity contribution in [1.82, 2.24) is 0 Å². The molecule has 1 aliphatic heterocycles. The Balaban J connectivity index is 1.79. The van der Waals surface area contributed by atoms with Crippen molar-refractivity contribution >= 4 is 5.97 Å². The van der Waals surface area contributed by atoms with Crippen molar-refractivity contribution in [2.75, 3.05) is 19.8 Å². The normalized spacial score (nSPS) is 18.8. The molecule has 4 heteroatoms. The molecule has 0 aromatic heterocycles. The highest BCUT2D eigenvalue weighted by atomic mass is 16.6. The maximum absolute atomic E-state index is 12.1. The van der Waals surface area contributed by atoms with Crippen LogP contribution in [0.1, 0.15) is 49.9 Å². The minimum Gasteiger partial charge on any atom is -0.489 e. The molecule has 2 unspecified atom stereocenters. The van der Waals surface area contributed by atoms with Gasteiger partial charge in [0.25, 0.3) is 0 Å². The Morgan fingerprint density at radius 3 is 2.91 bits per heavy atom. The zero-order valence-electron chi connectivity index (χ0n) is 13.5. The summed E-state index contributed by atoms with van der Waals surface area (Å²) in [5, 5.41) is 0. The third-order valence-corrected chi connectivity index (χ3v) is 4.01. The maximum atomic E-state index is 12.1. The summed E-state index contributed by atoms with van der Waals surface area (Å²) in [6, 6.07) is 7.17. The standard InChI is InChI=1S/C18H26O4/c1-3-5-8-14(4-2)11-20-12-15-13-21-17-10-7-6-9-16(17)18(19)22-15/h6-7,9-10,14-15H,3-5,8,11-13H2,1-2H3. The van der Waals surface area contributed by atoms with Gasteiger partial charge in [0, 0.05) is 6.61 Å². The number of hydrogen-bond acceptors (Lipinski definition) is 4. The lowest BCUT2D eigenvalue weighted by Gasteiger charge is -2.18. The van der Waals surface area contributed by atoms with E-state index in [9.17, 15) is 4.79 Å². The Kier molecular flexibility index (Phi) is 6.72. The number of para-hydroxylation sites is 1. The molecule has 2 rings (SSSR count). The molecule has 22 heavy (non-hydrogen) atoms. The number of carbonyl (C=O) groups is 1. The minimum absolute atomic E-state index is 0.334. The first-order chi connectivity index (χ1) is 10.7. The van der Waals surface area contributed by atoms with E-state index in [1.54, 1.807) is 18.2 Å². The summed E-state index contributed by atoms with van der Waals surface area (Å²) in [6.07, 6.45) is 4.41. The first kappa shape index (κ1) is 16.8. The second-order valence-electron chi connectivity index (χ2n) is 5.79. The number of cyclic esters (lactones) is 1.